The standard InChI is InChI=1S/C21H16BrF3N2O2/c1-13-11-16(8-9-18(13)22)26-19(28)17-3-2-10-27(20(17)29)12-14-4-6-15(7-5-14)21(23,24)25/h2-11H,12H2,1H3,(H,26,28). The lowest BCUT2D eigenvalue weighted by atomic mass is 10.1. The predicted octanol–water partition coefficient (Wildman–Crippen LogP) is 5.24. The first-order valence-corrected chi connectivity index (χ1v) is 9.37. The number of amides is 1. The Morgan fingerprint density at radius 1 is 1.10 bits per heavy atom. The highest BCUT2D eigenvalue weighted by atomic mass is 79.9. The third kappa shape index (κ3) is 4.95. The van der Waals surface area contributed by atoms with Crippen LogP contribution < -0.4 is 10.9 Å². The average molecular weight is 465 g/mol. The number of nitrogens with zero attached hydrogens (tertiary/aromatic N) is 1. The van der Waals surface area contributed by atoms with Crippen LogP contribution >= 0.6 is 15.9 Å². The lowest BCUT2D eigenvalue weighted by Crippen LogP contribution is -2.29. The van der Waals surface area contributed by atoms with Crippen LogP contribution in [0.4, 0.5) is 18.9 Å². The quantitative estimate of drug-likeness (QED) is 0.573. The zero-order valence-corrected chi connectivity index (χ0v) is 16.8. The van der Waals surface area contributed by atoms with Crippen molar-refractivity contribution in [2.24, 2.45) is 0 Å². The van der Waals surface area contributed by atoms with Crippen molar-refractivity contribution in [2.45, 2.75) is 19.6 Å². The molecule has 0 saturated carbocycles. The SMILES string of the molecule is Cc1cc(NC(=O)c2cccn(Cc3ccc(C(F)(F)F)cc3)c2=O)ccc1Br. The smallest absolute Gasteiger partial charge is 0.322 e. The second-order valence-electron chi connectivity index (χ2n) is 6.47. The third-order valence-corrected chi connectivity index (χ3v) is 5.20. The molecule has 29 heavy (non-hydrogen) atoms. The summed E-state index contributed by atoms with van der Waals surface area (Å²) in [6.45, 7) is 1.93. The normalized spacial score (nSPS) is 11.3. The average Bonchev–Trinajstić information content (AvgIpc) is 2.66. The monoisotopic (exact) mass is 464 g/mol. The Labute approximate surface area is 173 Å². The molecule has 8 heteroatoms. The van der Waals surface area contributed by atoms with Gasteiger partial charge in [-0.05, 0) is 60.5 Å². The Hall–Kier alpha value is -2.87. The Morgan fingerprint density at radius 3 is 2.41 bits per heavy atom. The fraction of sp³-hybridized carbons (Fsp3) is 0.143. The number of aryl methyl sites for hydroxylation is 1. The largest absolute Gasteiger partial charge is 0.416 e. The van der Waals surface area contributed by atoms with Crippen LogP contribution in [-0.4, -0.2) is 10.5 Å². The number of carbonyl (C=O) groups excluding carboxylic acids is 1. The molecule has 3 rings (SSSR count). The fourth-order valence-corrected chi connectivity index (χ4v) is 3.00. The first kappa shape index (κ1) is 20.9. The molecule has 0 aliphatic rings. The van der Waals surface area contributed by atoms with Gasteiger partial charge in [0, 0.05) is 16.4 Å². The molecule has 0 spiro atoms. The van der Waals surface area contributed by atoms with Gasteiger partial charge in [0.1, 0.15) is 5.56 Å². The molecule has 0 aliphatic carbocycles. The highest BCUT2D eigenvalue weighted by Crippen LogP contribution is 2.29. The van der Waals surface area contributed by atoms with Gasteiger partial charge in [-0.1, -0.05) is 28.1 Å². The van der Waals surface area contributed by atoms with Crippen molar-refractivity contribution in [3.05, 3.63) is 97.9 Å². The van der Waals surface area contributed by atoms with Crippen LogP contribution in [0.2, 0.25) is 0 Å². The molecule has 1 N–H and O–H groups in total. The number of anilines is 1. The molecule has 0 aliphatic heterocycles. The number of aromatic nitrogens is 1. The Bertz CT molecular complexity index is 1110. The molecule has 0 saturated heterocycles. The summed E-state index contributed by atoms with van der Waals surface area (Å²) in [7, 11) is 0. The summed E-state index contributed by atoms with van der Waals surface area (Å²) in [5.74, 6) is -0.557. The molecule has 4 nitrogen and oxygen atoms in total. The van der Waals surface area contributed by atoms with E-state index in [2.05, 4.69) is 21.2 Å². The van der Waals surface area contributed by atoms with Crippen molar-refractivity contribution < 1.29 is 18.0 Å². The minimum Gasteiger partial charge on any atom is -0.322 e. The Morgan fingerprint density at radius 2 is 1.79 bits per heavy atom. The molecule has 1 heterocycles. The Balaban J connectivity index is 1.81. The summed E-state index contributed by atoms with van der Waals surface area (Å²) >= 11 is 3.38. The summed E-state index contributed by atoms with van der Waals surface area (Å²) < 4.78 is 40.2. The molecule has 2 aromatic carbocycles. The number of rotatable bonds is 4. The predicted molar refractivity (Wildman–Crippen MR) is 108 cm³/mol. The van der Waals surface area contributed by atoms with Crippen LogP contribution in [0.5, 0.6) is 0 Å². The van der Waals surface area contributed by atoms with Crippen molar-refractivity contribution >= 4 is 27.5 Å². The molecule has 1 aromatic heterocycles. The molecule has 150 valence electrons. The zero-order valence-electron chi connectivity index (χ0n) is 15.3. The van der Waals surface area contributed by atoms with E-state index in [1.54, 1.807) is 24.3 Å². The van der Waals surface area contributed by atoms with Crippen molar-refractivity contribution in [1.82, 2.24) is 4.57 Å². The van der Waals surface area contributed by atoms with Crippen molar-refractivity contribution in [2.75, 3.05) is 5.32 Å². The van der Waals surface area contributed by atoms with Gasteiger partial charge >= 0.3 is 6.18 Å². The minimum absolute atomic E-state index is 0.0511. The summed E-state index contributed by atoms with van der Waals surface area (Å²) in [5.41, 5.74) is 0.648. The lowest BCUT2D eigenvalue weighted by molar-refractivity contribution is -0.137. The van der Waals surface area contributed by atoms with Gasteiger partial charge in [-0.25, -0.2) is 0 Å². The second-order valence-corrected chi connectivity index (χ2v) is 7.32. The zero-order chi connectivity index (χ0) is 21.2. The molecular weight excluding hydrogens is 449 g/mol. The molecule has 0 unspecified atom stereocenters. The summed E-state index contributed by atoms with van der Waals surface area (Å²) in [6.07, 6.45) is -2.93. The van der Waals surface area contributed by atoms with Gasteiger partial charge in [0.15, 0.2) is 0 Å². The van der Waals surface area contributed by atoms with E-state index in [9.17, 15) is 22.8 Å². The highest BCUT2D eigenvalue weighted by Gasteiger charge is 2.29. The number of halogens is 4. The van der Waals surface area contributed by atoms with E-state index in [1.165, 1.54) is 29.0 Å². The summed E-state index contributed by atoms with van der Waals surface area (Å²) in [5, 5.41) is 2.68. The molecule has 3 aromatic rings. The number of benzene rings is 2. The third-order valence-electron chi connectivity index (χ3n) is 4.31. The first-order valence-electron chi connectivity index (χ1n) is 8.58. The van der Waals surface area contributed by atoms with Crippen LogP contribution in [0, 0.1) is 6.92 Å². The van der Waals surface area contributed by atoms with Crippen LogP contribution in [0.1, 0.15) is 27.0 Å². The maximum absolute atomic E-state index is 12.7. The van der Waals surface area contributed by atoms with Crippen LogP contribution in [0.25, 0.3) is 0 Å². The highest BCUT2D eigenvalue weighted by molar-refractivity contribution is 9.10. The Kier molecular flexibility index (Phi) is 5.93. The van der Waals surface area contributed by atoms with Gasteiger partial charge in [0.05, 0.1) is 12.1 Å². The number of hydrogen-bond donors (Lipinski definition) is 1. The van der Waals surface area contributed by atoms with E-state index in [1.807, 2.05) is 6.92 Å². The van der Waals surface area contributed by atoms with Gasteiger partial charge in [-0.3, -0.25) is 9.59 Å². The van der Waals surface area contributed by atoms with Crippen molar-refractivity contribution in [3.8, 4) is 0 Å². The van der Waals surface area contributed by atoms with Crippen LogP contribution in [0.3, 0.4) is 0 Å². The maximum Gasteiger partial charge on any atom is 0.416 e. The van der Waals surface area contributed by atoms with Crippen molar-refractivity contribution in [1.29, 1.82) is 0 Å². The van der Waals surface area contributed by atoms with E-state index >= 15 is 0 Å². The van der Waals surface area contributed by atoms with Gasteiger partial charge in [0.25, 0.3) is 11.5 Å². The van der Waals surface area contributed by atoms with Crippen LogP contribution in [-0.2, 0) is 12.7 Å². The molecular formula is C21H16BrF3N2O2. The maximum atomic E-state index is 12.7. The number of nitrogens with one attached hydrogen (secondary N) is 1. The topological polar surface area (TPSA) is 51.1 Å². The minimum atomic E-state index is -4.42. The summed E-state index contributed by atoms with van der Waals surface area (Å²) in [6, 6.07) is 12.8. The number of carbonyl (C=O) groups is 1. The van der Waals surface area contributed by atoms with Gasteiger partial charge < -0.3 is 9.88 Å². The first-order chi connectivity index (χ1) is 13.6. The lowest BCUT2D eigenvalue weighted by Gasteiger charge is -2.11. The molecule has 0 atom stereocenters. The molecule has 0 fully saturated rings. The molecule has 1 amide bonds. The van der Waals surface area contributed by atoms with E-state index in [-0.39, 0.29) is 12.1 Å². The number of pyridine rings is 1. The van der Waals surface area contributed by atoms with E-state index in [0.29, 0.717) is 11.3 Å². The molecule has 0 bridgehead atoms. The number of alkyl halides is 3. The van der Waals surface area contributed by atoms with E-state index in [0.717, 1.165) is 22.2 Å². The van der Waals surface area contributed by atoms with Gasteiger partial charge in [0.2, 0.25) is 0 Å². The number of hydrogen-bond acceptors (Lipinski definition) is 2. The van der Waals surface area contributed by atoms with Gasteiger partial charge in [-0.2, -0.15) is 13.2 Å². The second kappa shape index (κ2) is 8.24. The molecule has 0 radical (unpaired) electrons. The fourth-order valence-electron chi connectivity index (χ4n) is 2.75. The van der Waals surface area contributed by atoms with Crippen molar-refractivity contribution in [3.63, 3.8) is 0 Å². The van der Waals surface area contributed by atoms with E-state index < -0.39 is 23.2 Å². The van der Waals surface area contributed by atoms with E-state index in [4.69, 9.17) is 0 Å². The van der Waals surface area contributed by atoms with Crippen LogP contribution in [0.15, 0.2) is 70.1 Å². The van der Waals surface area contributed by atoms with Gasteiger partial charge in [-0.15, -0.1) is 0 Å². The summed E-state index contributed by atoms with van der Waals surface area (Å²) in [4.78, 5) is 25.2.